The third kappa shape index (κ3) is 9.62. The van der Waals surface area contributed by atoms with Crippen LogP contribution in [0, 0.1) is 0 Å². The normalized spacial score (nSPS) is 13.8. The Bertz CT molecular complexity index is 384. The first kappa shape index (κ1) is 21.4. The molecule has 4 N–H and O–H groups in total. The topological polar surface area (TPSA) is 191 Å². The Morgan fingerprint density at radius 1 is 1.21 bits per heavy atom. The van der Waals surface area contributed by atoms with E-state index in [0.717, 1.165) is 0 Å². The summed E-state index contributed by atoms with van der Waals surface area (Å²) < 4.78 is 13.4. The summed E-state index contributed by atoms with van der Waals surface area (Å²) >= 11 is 0. The zero-order valence-corrected chi connectivity index (χ0v) is 13.5. The minimum Gasteiger partial charge on any atom is -0.550 e. The molecule has 0 aromatic carbocycles. The maximum atomic E-state index is 11.1. The molecule has 11 nitrogen and oxygen atoms in total. The molecule has 0 fully saturated rings. The van der Waals surface area contributed by atoms with Gasteiger partial charge in [0, 0.05) is 12.4 Å². The molecule has 0 rings (SSSR count). The first-order chi connectivity index (χ1) is 7.96. The van der Waals surface area contributed by atoms with Crippen LogP contribution in [0.2, 0.25) is 0 Å². The van der Waals surface area contributed by atoms with Crippen LogP contribution in [0.3, 0.4) is 0 Å². The quantitative estimate of drug-likeness (QED) is 0.151. The third-order valence-corrected chi connectivity index (χ3v) is 1.74. The van der Waals surface area contributed by atoms with E-state index in [2.05, 4.69) is 9.56 Å². The van der Waals surface area contributed by atoms with Gasteiger partial charge in [0.15, 0.2) is 5.60 Å². The van der Waals surface area contributed by atoms with E-state index < -0.39 is 44.2 Å². The number of carbonyl (C=O) groups is 3. The van der Waals surface area contributed by atoms with E-state index in [9.17, 15) is 29.2 Å². The van der Waals surface area contributed by atoms with Crippen molar-refractivity contribution < 1.29 is 105 Å². The van der Waals surface area contributed by atoms with Crippen LogP contribution in [0.1, 0.15) is 12.8 Å². The fourth-order valence-corrected chi connectivity index (χ4v) is 1.02. The second-order valence-corrected chi connectivity index (χ2v) is 4.22. The van der Waals surface area contributed by atoms with Gasteiger partial charge in [0.2, 0.25) is 0 Å². The van der Waals surface area contributed by atoms with Crippen LogP contribution < -0.4 is 56.5 Å². The largest absolute Gasteiger partial charge is 1.00 e. The Labute approximate surface area is 148 Å². The predicted octanol–water partition coefficient (Wildman–Crippen LogP) is -6.10. The molecule has 0 bridgehead atoms. The van der Waals surface area contributed by atoms with Crippen LogP contribution >= 0.6 is 7.82 Å². The predicted molar refractivity (Wildman–Crippen MR) is 46.0 cm³/mol. The van der Waals surface area contributed by atoms with Crippen molar-refractivity contribution in [3.63, 3.8) is 0 Å². The van der Waals surface area contributed by atoms with E-state index in [1.165, 1.54) is 0 Å². The molecule has 0 amide bonds. The number of rotatable bonds is 7. The average molecular weight is 326 g/mol. The van der Waals surface area contributed by atoms with Crippen LogP contribution in [0.4, 0.5) is 0 Å². The van der Waals surface area contributed by atoms with E-state index in [1.54, 1.807) is 0 Å². The van der Waals surface area contributed by atoms with Gasteiger partial charge in [-0.1, -0.05) is 4.67 Å². The smallest absolute Gasteiger partial charge is 0.550 e. The zero-order valence-electron chi connectivity index (χ0n) is 9.51. The molecule has 0 saturated carbocycles. The Morgan fingerprint density at radius 3 is 2.00 bits per heavy atom. The summed E-state index contributed by atoms with van der Waals surface area (Å²) in [5.74, 6) is -5.73. The fraction of sp³-hybridized carbons (Fsp3) is 0.500. The number of hydrogen-bond donors (Lipinski definition) is 4. The van der Waals surface area contributed by atoms with Crippen molar-refractivity contribution in [1.82, 2.24) is 0 Å². The molecule has 0 aliphatic carbocycles. The first-order valence-corrected chi connectivity index (χ1v) is 5.59. The van der Waals surface area contributed by atoms with Crippen LogP contribution in [0.15, 0.2) is 0 Å². The Morgan fingerprint density at radius 2 is 1.68 bits per heavy atom. The summed E-state index contributed by atoms with van der Waals surface area (Å²) in [7, 11) is -5.22. The van der Waals surface area contributed by atoms with Crippen LogP contribution in [0.5, 0.6) is 0 Å². The van der Waals surface area contributed by atoms with Gasteiger partial charge in [0.05, 0.1) is 6.42 Å². The Balaban J connectivity index is 0. The van der Waals surface area contributed by atoms with E-state index >= 15 is 0 Å². The van der Waals surface area contributed by atoms with Crippen molar-refractivity contribution in [3.05, 3.63) is 0 Å². The fourth-order valence-electron chi connectivity index (χ4n) is 0.856. The molecule has 1 unspecified atom stereocenters. The molecule has 0 saturated heterocycles. The zero-order chi connectivity index (χ0) is 14.6. The number of hydrogen-bond acceptors (Lipinski definition) is 8. The number of carboxylic acids is 2. The van der Waals surface area contributed by atoms with E-state index in [0.29, 0.717) is 0 Å². The molecule has 0 aromatic heterocycles. The summed E-state index contributed by atoms with van der Waals surface area (Å²) in [6.07, 6.45) is -2.84. The summed E-state index contributed by atoms with van der Waals surface area (Å²) in [5.41, 5.74) is -3.07. The third-order valence-electron chi connectivity index (χ3n) is 1.47. The molecule has 0 spiro atoms. The maximum Gasteiger partial charge on any atom is 1.00 e. The molecule has 13 heteroatoms. The molecule has 19 heavy (non-hydrogen) atoms. The second kappa shape index (κ2) is 8.41. The van der Waals surface area contributed by atoms with E-state index in [-0.39, 0.29) is 51.4 Å². The monoisotopic (exact) mass is 326 g/mol. The summed E-state index contributed by atoms with van der Waals surface area (Å²) in [6.45, 7) is 0. The van der Waals surface area contributed by atoms with E-state index in [1.807, 2.05) is 0 Å². The Kier molecular flexibility index (Phi) is 9.48. The number of carbonyl (C=O) groups excluding carboxylic acids is 2. The second-order valence-electron chi connectivity index (χ2n) is 3.09. The molecular weight excluding hydrogens is 318 g/mol. The maximum absolute atomic E-state index is 11.1. The van der Waals surface area contributed by atoms with Crippen molar-refractivity contribution >= 4 is 25.7 Å². The number of aliphatic hydroxyl groups is 1. The van der Waals surface area contributed by atoms with Crippen LogP contribution in [-0.4, -0.2) is 43.5 Å². The van der Waals surface area contributed by atoms with Crippen LogP contribution in [0.25, 0.3) is 0 Å². The Hall–Kier alpha value is 0.116. The van der Waals surface area contributed by atoms with Crippen molar-refractivity contribution in [2.24, 2.45) is 0 Å². The summed E-state index contributed by atoms with van der Waals surface area (Å²) in [6, 6.07) is 0. The van der Waals surface area contributed by atoms with Crippen molar-refractivity contribution in [3.8, 4) is 0 Å². The molecule has 1 atom stereocenters. The van der Waals surface area contributed by atoms with Crippen molar-refractivity contribution in [2.75, 3.05) is 0 Å². The van der Waals surface area contributed by atoms with Gasteiger partial charge in [-0.15, -0.1) is 0 Å². The van der Waals surface area contributed by atoms with Crippen LogP contribution in [-0.2, 0) is 28.5 Å². The molecule has 0 aliphatic rings. The minimum atomic E-state index is -5.22. The molecule has 0 radical (unpaired) electrons. The van der Waals surface area contributed by atoms with Crippen molar-refractivity contribution in [2.45, 2.75) is 18.4 Å². The van der Waals surface area contributed by atoms with Gasteiger partial charge in [0.25, 0.3) is 0 Å². The number of carboxylic acid groups (broad SMARTS) is 2. The molecule has 0 aromatic rings. The number of aliphatic carboxylic acids is 2. The summed E-state index contributed by atoms with van der Waals surface area (Å²) in [5, 5.41) is 28.0. The van der Waals surface area contributed by atoms with Gasteiger partial charge in [-0.05, 0) is 0 Å². The van der Waals surface area contributed by atoms with Gasteiger partial charge in [-0.25, -0.2) is 9.36 Å². The van der Waals surface area contributed by atoms with Gasteiger partial charge >= 0.3 is 71.1 Å². The molecule has 0 aliphatic heterocycles. The number of phosphoric acid groups is 1. The minimum absolute atomic E-state index is 0. The average Bonchev–Trinajstić information content (AvgIpc) is 2.09. The first-order valence-electron chi connectivity index (χ1n) is 4.06. The molecular formula is C6H8KO11P. The molecule has 104 valence electrons. The summed E-state index contributed by atoms with van der Waals surface area (Å²) in [4.78, 5) is 51.5. The standard InChI is InChI=1S/C6H9O11P.K/c7-3(8)1-6(12,2-4(9)10)5(11)16-17-18(13,14)15;/h12H,1-2H2,(H,7,8)(H,9,10)(H2,13,14,15);/q;+1/p-1. The van der Waals surface area contributed by atoms with Gasteiger partial charge in [0.1, 0.15) is 0 Å². The van der Waals surface area contributed by atoms with Gasteiger partial charge in [-0.3, -0.25) is 9.68 Å². The molecule has 0 heterocycles. The van der Waals surface area contributed by atoms with Gasteiger partial charge < -0.3 is 29.9 Å². The SMILES string of the molecule is O=C([O-])CC(O)(CC(=O)O)C(=O)OOP(=O)(O)O.[K+]. The van der Waals surface area contributed by atoms with Gasteiger partial charge in [-0.2, -0.15) is 0 Å². The van der Waals surface area contributed by atoms with E-state index in [4.69, 9.17) is 14.9 Å². The van der Waals surface area contributed by atoms with Crippen molar-refractivity contribution in [1.29, 1.82) is 0 Å².